The Labute approximate surface area is 119 Å². The molecule has 0 saturated heterocycles. The summed E-state index contributed by atoms with van der Waals surface area (Å²) in [7, 11) is 0. The van der Waals surface area contributed by atoms with Crippen molar-refractivity contribution in [3.05, 3.63) is 59.7 Å². The summed E-state index contributed by atoms with van der Waals surface area (Å²) in [5.41, 5.74) is 5.55. The van der Waals surface area contributed by atoms with Crippen molar-refractivity contribution in [2.45, 2.75) is 19.3 Å². The van der Waals surface area contributed by atoms with Gasteiger partial charge >= 0.3 is 0 Å². The van der Waals surface area contributed by atoms with Gasteiger partial charge in [0.15, 0.2) is 5.05 Å². The Bertz CT molecular complexity index is 573. The fraction of sp³-hybridized carbons (Fsp3) is 0.235. The van der Waals surface area contributed by atoms with Gasteiger partial charge in [-0.3, -0.25) is 0 Å². The number of hydrogen-bond acceptors (Lipinski definition) is 2. The Kier molecular flexibility index (Phi) is 3.34. The molecular formula is C17H16OS. The summed E-state index contributed by atoms with van der Waals surface area (Å²) in [6.07, 6.45) is 0.974. The molecule has 2 heteroatoms. The van der Waals surface area contributed by atoms with Gasteiger partial charge in [0.2, 0.25) is 0 Å². The van der Waals surface area contributed by atoms with Crippen LogP contribution in [0.5, 0.6) is 0 Å². The quantitative estimate of drug-likeness (QED) is 0.755. The lowest BCUT2D eigenvalue weighted by molar-refractivity contribution is 0.297. The van der Waals surface area contributed by atoms with Crippen molar-refractivity contribution in [2.75, 3.05) is 6.61 Å². The minimum atomic E-state index is 0.432. The van der Waals surface area contributed by atoms with Gasteiger partial charge in [0.25, 0.3) is 0 Å². The summed E-state index contributed by atoms with van der Waals surface area (Å²) in [5, 5.41) is 0.625. The number of thiocarbonyl (C=S) groups is 1. The van der Waals surface area contributed by atoms with Gasteiger partial charge in [-0.15, -0.1) is 0 Å². The molecule has 0 amide bonds. The molecule has 96 valence electrons. The Morgan fingerprint density at radius 3 is 2.05 bits per heavy atom. The van der Waals surface area contributed by atoms with Crippen LogP contribution in [0.15, 0.2) is 48.5 Å². The monoisotopic (exact) mass is 268 g/mol. The van der Waals surface area contributed by atoms with Crippen molar-refractivity contribution in [3.63, 3.8) is 0 Å². The topological polar surface area (TPSA) is 9.23 Å². The highest BCUT2D eigenvalue weighted by molar-refractivity contribution is 7.80. The molecule has 0 aromatic heterocycles. The molecule has 0 N–H and O–H groups in total. The summed E-state index contributed by atoms with van der Waals surface area (Å²) in [6, 6.07) is 17.3. The van der Waals surface area contributed by atoms with Crippen LogP contribution in [0.1, 0.15) is 30.4 Å². The Balaban J connectivity index is 1.93. The van der Waals surface area contributed by atoms with Gasteiger partial charge in [-0.25, -0.2) is 0 Å². The molecule has 0 radical (unpaired) electrons. The average molecular weight is 268 g/mol. The molecule has 0 unspecified atom stereocenters. The van der Waals surface area contributed by atoms with E-state index in [9.17, 15) is 0 Å². The van der Waals surface area contributed by atoms with Crippen LogP contribution in [-0.2, 0) is 4.74 Å². The van der Waals surface area contributed by atoms with Gasteiger partial charge in [0.05, 0.1) is 6.61 Å². The highest BCUT2D eigenvalue weighted by atomic mass is 32.1. The largest absolute Gasteiger partial charge is 0.487 e. The molecule has 0 aliphatic heterocycles. The number of hydrogen-bond donors (Lipinski definition) is 0. The molecule has 1 aliphatic rings. The van der Waals surface area contributed by atoms with E-state index >= 15 is 0 Å². The molecule has 0 bridgehead atoms. The lowest BCUT2D eigenvalue weighted by Gasteiger charge is -2.13. The van der Waals surface area contributed by atoms with Gasteiger partial charge in [-0.1, -0.05) is 48.5 Å². The van der Waals surface area contributed by atoms with Gasteiger partial charge in [0.1, 0.15) is 0 Å². The van der Waals surface area contributed by atoms with E-state index in [2.05, 4.69) is 48.5 Å². The van der Waals surface area contributed by atoms with E-state index in [4.69, 9.17) is 17.0 Å². The Morgan fingerprint density at radius 1 is 1.00 bits per heavy atom. The predicted octanol–water partition coefficient (Wildman–Crippen LogP) is 4.55. The highest BCUT2D eigenvalue weighted by Crippen LogP contribution is 2.45. The molecule has 0 saturated carbocycles. The molecule has 0 fully saturated rings. The first kappa shape index (κ1) is 12.4. The third kappa shape index (κ3) is 2.28. The highest BCUT2D eigenvalue weighted by Gasteiger charge is 2.27. The van der Waals surface area contributed by atoms with Crippen molar-refractivity contribution >= 4 is 17.3 Å². The SMILES string of the molecule is CC(=S)OCCC1c2ccccc2-c2ccccc21. The van der Waals surface area contributed by atoms with Gasteiger partial charge < -0.3 is 4.74 Å². The van der Waals surface area contributed by atoms with E-state index in [0.29, 0.717) is 17.6 Å². The van der Waals surface area contributed by atoms with Crippen molar-refractivity contribution in [1.29, 1.82) is 0 Å². The molecule has 0 heterocycles. The minimum Gasteiger partial charge on any atom is -0.487 e. The first-order chi connectivity index (χ1) is 9.27. The second-order valence-corrected chi connectivity index (χ2v) is 5.43. The van der Waals surface area contributed by atoms with E-state index in [0.717, 1.165) is 6.42 Å². The smallest absolute Gasteiger partial charge is 0.156 e. The van der Waals surface area contributed by atoms with Crippen LogP contribution in [0.3, 0.4) is 0 Å². The molecular weight excluding hydrogens is 252 g/mol. The lowest BCUT2D eigenvalue weighted by atomic mass is 9.94. The summed E-state index contributed by atoms with van der Waals surface area (Å²) in [5.74, 6) is 0.432. The predicted molar refractivity (Wildman–Crippen MR) is 82.6 cm³/mol. The van der Waals surface area contributed by atoms with Crippen LogP contribution in [0.4, 0.5) is 0 Å². The molecule has 19 heavy (non-hydrogen) atoms. The van der Waals surface area contributed by atoms with E-state index in [1.54, 1.807) is 0 Å². The van der Waals surface area contributed by atoms with E-state index < -0.39 is 0 Å². The fourth-order valence-electron chi connectivity index (χ4n) is 2.89. The first-order valence-corrected chi connectivity index (χ1v) is 7.00. The van der Waals surface area contributed by atoms with Crippen LogP contribution >= 0.6 is 12.2 Å². The zero-order chi connectivity index (χ0) is 13.2. The third-order valence-electron chi connectivity index (χ3n) is 3.67. The zero-order valence-electron chi connectivity index (χ0n) is 10.9. The maximum absolute atomic E-state index is 5.47. The van der Waals surface area contributed by atoms with Crippen molar-refractivity contribution < 1.29 is 4.74 Å². The standard InChI is InChI=1S/C17H16OS/c1-12(19)18-11-10-17-15-8-4-2-6-13(15)14-7-3-5-9-16(14)17/h2-9,17H,10-11H2,1H3. The normalized spacial score (nSPS) is 12.9. The van der Waals surface area contributed by atoms with Crippen LogP contribution in [0.25, 0.3) is 11.1 Å². The van der Waals surface area contributed by atoms with Gasteiger partial charge in [0, 0.05) is 12.8 Å². The summed E-state index contributed by atoms with van der Waals surface area (Å²) in [4.78, 5) is 0. The molecule has 3 rings (SSSR count). The van der Waals surface area contributed by atoms with Crippen LogP contribution in [0.2, 0.25) is 0 Å². The average Bonchev–Trinajstić information content (AvgIpc) is 2.74. The first-order valence-electron chi connectivity index (χ1n) is 6.59. The van der Waals surface area contributed by atoms with Gasteiger partial charge in [-0.05, 0) is 40.9 Å². The van der Waals surface area contributed by atoms with Gasteiger partial charge in [-0.2, -0.15) is 0 Å². The van der Waals surface area contributed by atoms with E-state index in [1.165, 1.54) is 22.3 Å². The van der Waals surface area contributed by atoms with Crippen LogP contribution in [0, 0.1) is 0 Å². The number of benzene rings is 2. The maximum atomic E-state index is 5.47. The molecule has 0 atom stereocenters. The molecule has 1 aliphatic carbocycles. The van der Waals surface area contributed by atoms with E-state index in [1.807, 2.05) is 6.92 Å². The van der Waals surface area contributed by atoms with Crippen molar-refractivity contribution in [3.8, 4) is 11.1 Å². The Morgan fingerprint density at radius 2 is 1.53 bits per heavy atom. The van der Waals surface area contributed by atoms with Crippen molar-refractivity contribution in [2.24, 2.45) is 0 Å². The molecule has 0 spiro atoms. The van der Waals surface area contributed by atoms with Crippen LogP contribution in [-0.4, -0.2) is 11.7 Å². The number of ether oxygens (including phenoxy) is 1. The lowest BCUT2D eigenvalue weighted by Crippen LogP contribution is -2.05. The number of rotatable bonds is 3. The van der Waals surface area contributed by atoms with Crippen molar-refractivity contribution in [1.82, 2.24) is 0 Å². The Hall–Kier alpha value is -1.67. The summed E-state index contributed by atoms with van der Waals surface area (Å²) >= 11 is 4.97. The third-order valence-corrected chi connectivity index (χ3v) is 3.79. The fourth-order valence-corrected chi connectivity index (χ4v) is 2.97. The second kappa shape index (κ2) is 5.14. The minimum absolute atomic E-state index is 0.432. The van der Waals surface area contributed by atoms with E-state index in [-0.39, 0.29) is 0 Å². The zero-order valence-corrected chi connectivity index (χ0v) is 11.7. The summed E-state index contributed by atoms with van der Waals surface area (Å²) in [6.45, 7) is 2.51. The maximum Gasteiger partial charge on any atom is 0.156 e. The summed E-state index contributed by atoms with van der Waals surface area (Å²) < 4.78 is 5.47. The second-order valence-electron chi connectivity index (χ2n) is 4.86. The molecule has 2 aromatic carbocycles. The molecule has 1 nitrogen and oxygen atoms in total. The molecule has 2 aromatic rings. The van der Waals surface area contributed by atoms with Crippen LogP contribution < -0.4 is 0 Å². The number of fused-ring (bicyclic) bond motifs is 3.